The van der Waals surface area contributed by atoms with Crippen molar-refractivity contribution in [2.24, 2.45) is 5.92 Å². The van der Waals surface area contributed by atoms with Crippen LogP contribution in [0, 0.1) is 5.92 Å². The Morgan fingerprint density at radius 3 is 2.91 bits per heavy atom. The molecule has 4 nitrogen and oxygen atoms in total. The van der Waals surface area contributed by atoms with Crippen LogP contribution in [0.5, 0.6) is 0 Å². The average Bonchev–Trinajstić information content (AvgIpc) is 3.01. The van der Waals surface area contributed by atoms with E-state index in [1.54, 1.807) is 11.0 Å². The Balaban J connectivity index is 1.83. The number of carbonyl (C=O) groups is 2. The lowest BCUT2D eigenvalue weighted by molar-refractivity contribution is -0.144. The molecule has 0 aromatic heterocycles. The second-order valence-corrected chi connectivity index (χ2v) is 6.18. The van der Waals surface area contributed by atoms with Crippen LogP contribution in [0.1, 0.15) is 30.9 Å². The van der Waals surface area contributed by atoms with E-state index in [4.69, 9.17) is 11.6 Å². The first-order chi connectivity index (χ1) is 10.7. The van der Waals surface area contributed by atoms with Gasteiger partial charge in [0.15, 0.2) is 0 Å². The van der Waals surface area contributed by atoms with Crippen LogP contribution in [0.4, 0.5) is 0 Å². The number of carbonyl (C=O) groups excluding carboxylic acids is 2. The topological polar surface area (TPSA) is 49.4 Å². The summed E-state index contributed by atoms with van der Waals surface area (Å²) < 4.78 is 0. The van der Waals surface area contributed by atoms with Crippen LogP contribution in [-0.4, -0.2) is 29.8 Å². The molecule has 2 unspecified atom stereocenters. The number of allylic oxidation sites excluding steroid dienone is 2. The molecule has 0 spiro atoms. The highest BCUT2D eigenvalue weighted by atomic mass is 35.5. The molecular formula is C17H19ClN2O2. The van der Waals surface area contributed by atoms with Crippen molar-refractivity contribution in [2.75, 3.05) is 13.1 Å². The minimum Gasteiger partial charge on any atom is -0.352 e. The number of halogens is 1. The van der Waals surface area contributed by atoms with Crippen LogP contribution < -0.4 is 5.32 Å². The lowest BCUT2D eigenvalue weighted by Crippen LogP contribution is -2.52. The Morgan fingerprint density at radius 2 is 2.18 bits per heavy atom. The molecule has 2 amide bonds. The zero-order chi connectivity index (χ0) is 15.5. The number of nitrogens with one attached hydrogen (secondary N) is 1. The summed E-state index contributed by atoms with van der Waals surface area (Å²) >= 11 is 6.23. The van der Waals surface area contributed by atoms with Crippen molar-refractivity contribution in [3.05, 3.63) is 47.0 Å². The fourth-order valence-electron chi connectivity index (χ4n) is 3.15. The van der Waals surface area contributed by atoms with Crippen LogP contribution in [0.25, 0.3) is 0 Å². The van der Waals surface area contributed by atoms with Gasteiger partial charge in [0.2, 0.25) is 11.8 Å². The third-order valence-electron chi connectivity index (χ3n) is 4.28. The largest absolute Gasteiger partial charge is 0.352 e. The van der Waals surface area contributed by atoms with Crippen LogP contribution in [0.3, 0.4) is 0 Å². The van der Waals surface area contributed by atoms with E-state index in [9.17, 15) is 9.59 Å². The summed E-state index contributed by atoms with van der Waals surface area (Å²) in [5, 5.41) is 3.35. The Kier molecular flexibility index (Phi) is 4.48. The average molecular weight is 319 g/mol. The molecule has 1 heterocycles. The van der Waals surface area contributed by atoms with Crippen LogP contribution in [-0.2, 0) is 9.59 Å². The van der Waals surface area contributed by atoms with Crippen molar-refractivity contribution in [2.45, 2.75) is 25.3 Å². The summed E-state index contributed by atoms with van der Waals surface area (Å²) in [6.45, 7) is 1.02. The first-order valence-corrected chi connectivity index (χ1v) is 8.03. The number of hydrogen-bond donors (Lipinski definition) is 1. The van der Waals surface area contributed by atoms with Crippen molar-refractivity contribution in [1.29, 1.82) is 0 Å². The van der Waals surface area contributed by atoms with Crippen molar-refractivity contribution in [3.63, 3.8) is 0 Å². The highest BCUT2D eigenvalue weighted by molar-refractivity contribution is 6.31. The summed E-state index contributed by atoms with van der Waals surface area (Å²) in [5.41, 5.74) is 0.691. The van der Waals surface area contributed by atoms with E-state index >= 15 is 0 Å². The third-order valence-corrected chi connectivity index (χ3v) is 4.63. The molecule has 5 heteroatoms. The van der Waals surface area contributed by atoms with Gasteiger partial charge in [-0.25, -0.2) is 0 Å². The SMILES string of the molecule is O=C1NCCN(C(=O)CC2C=CCC2)C1c1ccccc1Cl. The Bertz CT molecular complexity index is 614. The minimum absolute atomic E-state index is 0.0244. The van der Waals surface area contributed by atoms with Gasteiger partial charge in [-0.3, -0.25) is 9.59 Å². The maximum absolute atomic E-state index is 12.7. The molecule has 1 saturated heterocycles. The summed E-state index contributed by atoms with van der Waals surface area (Å²) in [4.78, 5) is 26.7. The molecular weight excluding hydrogens is 300 g/mol. The predicted octanol–water partition coefficient (Wildman–Crippen LogP) is 2.70. The molecule has 1 aromatic carbocycles. The molecule has 0 saturated carbocycles. The maximum Gasteiger partial charge on any atom is 0.247 e. The number of piperazine rings is 1. The molecule has 2 atom stereocenters. The highest BCUT2D eigenvalue weighted by Gasteiger charge is 2.35. The monoisotopic (exact) mass is 318 g/mol. The van der Waals surface area contributed by atoms with Gasteiger partial charge in [0.25, 0.3) is 0 Å². The van der Waals surface area contributed by atoms with Gasteiger partial charge in [0.1, 0.15) is 6.04 Å². The summed E-state index contributed by atoms with van der Waals surface area (Å²) in [6.07, 6.45) is 6.73. The number of hydrogen-bond acceptors (Lipinski definition) is 2. The van der Waals surface area contributed by atoms with Crippen LogP contribution in [0.2, 0.25) is 5.02 Å². The van der Waals surface area contributed by atoms with Gasteiger partial charge in [-0.2, -0.15) is 0 Å². The molecule has 3 rings (SSSR count). The minimum atomic E-state index is -0.625. The first-order valence-electron chi connectivity index (χ1n) is 7.65. The molecule has 22 heavy (non-hydrogen) atoms. The van der Waals surface area contributed by atoms with E-state index in [1.807, 2.05) is 18.2 Å². The summed E-state index contributed by atoms with van der Waals surface area (Å²) in [7, 11) is 0. The Morgan fingerprint density at radius 1 is 1.36 bits per heavy atom. The molecule has 1 aliphatic heterocycles. The second kappa shape index (κ2) is 6.53. The summed E-state index contributed by atoms with van der Waals surface area (Å²) in [5.74, 6) is 0.162. The van der Waals surface area contributed by atoms with Gasteiger partial charge in [0.05, 0.1) is 0 Å². The smallest absolute Gasteiger partial charge is 0.247 e. The van der Waals surface area contributed by atoms with Crippen LogP contribution in [0.15, 0.2) is 36.4 Å². The van der Waals surface area contributed by atoms with Crippen molar-refractivity contribution in [1.82, 2.24) is 10.2 Å². The van der Waals surface area contributed by atoms with E-state index in [0.717, 1.165) is 12.8 Å². The number of benzene rings is 1. The van der Waals surface area contributed by atoms with E-state index in [0.29, 0.717) is 36.0 Å². The predicted molar refractivity (Wildman–Crippen MR) is 85.4 cm³/mol. The van der Waals surface area contributed by atoms with E-state index in [2.05, 4.69) is 17.5 Å². The van der Waals surface area contributed by atoms with Gasteiger partial charge < -0.3 is 10.2 Å². The Hall–Kier alpha value is -1.81. The molecule has 1 aromatic rings. The number of rotatable bonds is 3. The van der Waals surface area contributed by atoms with E-state index < -0.39 is 6.04 Å². The highest BCUT2D eigenvalue weighted by Crippen LogP contribution is 2.31. The number of amides is 2. The Labute approximate surface area is 135 Å². The van der Waals surface area contributed by atoms with Crippen molar-refractivity contribution >= 4 is 23.4 Å². The van der Waals surface area contributed by atoms with Gasteiger partial charge in [-0.15, -0.1) is 0 Å². The van der Waals surface area contributed by atoms with Gasteiger partial charge >= 0.3 is 0 Å². The molecule has 2 aliphatic rings. The molecule has 1 fully saturated rings. The fourth-order valence-corrected chi connectivity index (χ4v) is 3.39. The standard InChI is InChI=1S/C17H19ClN2O2/c18-14-8-4-3-7-13(14)16-17(22)19-9-10-20(16)15(21)11-12-5-1-2-6-12/h1,3-5,7-8,12,16H,2,6,9-11H2,(H,19,22). The lowest BCUT2D eigenvalue weighted by Gasteiger charge is -2.36. The van der Waals surface area contributed by atoms with E-state index in [1.165, 1.54) is 0 Å². The van der Waals surface area contributed by atoms with Gasteiger partial charge in [0, 0.05) is 30.1 Å². The normalized spacial score (nSPS) is 24.4. The lowest BCUT2D eigenvalue weighted by atomic mass is 9.99. The molecule has 1 aliphatic carbocycles. The summed E-state index contributed by atoms with van der Waals surface area (Å²) in [6, 6.07) is 6.60. The van der Waals surface area contributed by atoms with Crippen molar-refractivity contribution in [3.8, 4) is 0 Å². The molecule has 0 radical (unpaired) electrons. The maximum atomic E-state index is 12.7. The van der Waals surface area contributed by atoms with Gasteiger partial charge in [-0.1, -0.05) is 42.0 Å². The second-order valence-electron chi connectivity index (χ2n) is 5.77. The molecule has 1 N–H and O–H groups in total. The zero-order valence-electron chi connectivity index (χ0n) is 12.3. The molecule has 0 bridgehead atoms. The number of nitrogens with zero attached hydrogens (tertiary/aromatic N) is 1. The quantitative estimate of drug-likeness (QED) is 0.871. The zero-order valence-corrected chi connectivity index (χ0v) is 13.1. The fraction of sp³-hybridized carbons (Fsp3) is 0.412. The molecule has 116 valence electrons. The first kappa shape index (κ1) is 15.1. The van der Waals surface area contributed by atoms with E-state index in [-0.39, 0.29) is 11.8 Å². The third kappa shape index (κ3) is 3.02. The van der Waals surface area contributed by atoms with Crippen LogP contribution >= 0.6 is 11.6 Å². The van der Waals surface area contributed by atoms with Gasteiger partial charge in [-0.05, 0) is 24.8 Å². The van der Waals surface area contributed by atoms with Crippen molar-refractivity contribution < 1.29 is 9.59 Å².